The van der Waals surface area contributed by atoms with Crippen LogP contribution in [0, 0.1) is 0 Å². The Morgan fingerprint density at radius 2 is 1.94 bits per heavy atom. The number of benzene rings is 1. The predicted octanol–water partition coefficient (Wildman–Crippen LogP) is 4.95. The number of pyridine rings is 1. The minimum Gasteiger partial charge on any atom is -0.372 e. The van der Waals surface area contributed by atoms with E-state index in [2.05, 4.69) is 60.0 Å². The highest BCUT2D eigenvalue weighted by Crippen LogP contribution is 2.44. The van der Waals surface area contributed by atoms with Crippen molar-refractivity contribution in [1.29, 1.82) is 0 Å². The number of halogens is 2. The van der Waals surface area contributed by atoms with E-state index in [-0.39, 0.29) is 18.3 Å². The summed E-state index contributed by atoms with van der Waals surface area (Å²) >= 11 is 9.76. The summed E-state index contributed by atoms with van der Waals surface area (Å²) in [5, 5.41) is 2.27. The average Bonchev–Trinajstić information content (AvgIpc) is 3.45. The van der Waals surface area contributed by atoms with E-state index in [0.29, 0.717) is 17.3 Å². The summed E-state index contributed by atoms with van der Waals surface area (Å²) in [7, 11) is 2.05. The molecule has 0 radical (unpaired) electrons. The van der Waals surface area contributed by atoms with Crippen molar-refractivity contribution in [2.75, 3.05) is 18.5 Å². The molecule has 2 saturated heterocycles. The van der Waals surface area contributed by atoms with Crippen LogP contribution in [0.5, 0.6) is 0 Å². The molecular formula is C24H23BrClN5O3. The van der Waals surface area contributed by atoms with Crippen molar-refractivity contribution in [2.45, 2.75) is 44.2 Å². The summed E-state index contributed by atoms with van der Waals surface area (Å²) in [6.45, 7) is 4.49. The zero-order valence-electron chi connectivity index (χ0n) is 18.9. The fourth-order valence-corrected chi connectivity index (χ4v) is 5.41. The number of rotatable bonds is 4. The number of fused-ring (bicyclic) bond motifs is 3. The molecule has 0 saturated carbocycles. The first-order valence-corrected chi connectivity index (χ1v) is 12.2. The molecule has 1 aromatic carbocycles. The Kier molecular flexibility index (Phi) is 5.31. The number of anilines is 1. The molecule has 4 atom stereocenters. The van der Waals surface area contributed by atoms with Gasteiger partial charge in [0.25, 0.3) is 0 Å². The van der Waals surface area contributed by atoms with Crippen molar-refractivity contribution < 1.29 is 14.2 Å². The van der Waals surface area contributed by atoms with Gasteiger partial charge in [0.1, 0.15) is 35.4 Å². The van der Waals surface area contributed by atoms with Crippen molar-refractivity contribution >= 4 is 55.2 Å². The van der Waals surface area contributed by atoms with Gasteiger partial charge in [0.15, 0.2) is 12.0 Å². The molecule has 5 heterocycles. The third-order valence-electron chi connectivity index (χ3n) is 6.39. The minimum atomic E-state index is -0.704. The molecule has 2 aliphatic heterocycles. The zero-order valence-corrected chi connectivity index (χ0v) is 21.2. The lowest BCUT2D eigenvalue weighted by Crippen LogP contribution is -2.38. The largest absolute Gasteiger partial charge is 0.372 e. The van der Waals surface area contributed by atoms with E-state index >= 15 is 0 Å². The monoisotopic (exact) mass is 543 g/mol. The number of hydrogen-bond donors (Lipinski definition) is 0. The lowest BCUT2D eigenvalue weighted by Gasteiger charge is -2.28. The summed E-state index contributed by atoms with van der Waals surface area (Å²) in [5.74, 6) is -0.704. The second-order valence-corrected chi connectivity index (χ2v) is 10.4. The molecule has 10 heteroatoms. The molecule has 176 valence electrons. The molecule has 0 N–H and O–H groups in total. The Labute approximate surface area is 209 Å². The van der Waals surface area contributed by atoms with E-state index < -0.39 is 12.0 Å². The molecule has 0 amide bonds. The smallest absolute Gasteiger partial charge is 0.164 e. The second-order valence-electron chi connectivity index (χ2n) is 9.17. The van der Waals surface area contributed by atoms with Crippen LogP contribution in [0.15, 0.2) is 53.5 Å². The topological polar surface area (TPSA) is 74.5 Å². The summed E-state index contributed by atoms with van der Waals surface area (Å²) in [6, 6.07) is 10.2. The minimum absolute atomic E-state index is 0.217. The summed E-state index contributed by atoms with van der Waals surface area (Å²) < 4.78 is 22.1. The van der Waals surface area contributed by atoms with Crippen LogP contribution in [0.3, 0.4) is 0 Å². The summed E-state index contributed by atoms with van der Waals surface area (Å²) in [5.41, 5.74) is 2.69. The van der Waals surface area contributed by atoms with Gasteiger partial charge in [0.2, 0.25) is 0 Å². The van der Waals surface area contributed by atoms with Gasteiger partial charge >= 0.3 is 0 Å². The fourth-order valence-electron chi connectivity index (χ4n) is 4.87. The molecule has 0 spiro atoms. The van der Waals surface area contributed by atoms with Gasteiger partial charge < -0.3 is 23.7 Å². The average molecular weight is 545 g/mol. The number of aromatic nitrogens is 4. The van der Waals surface area contributed by atoms with Crippen molar-refractivity contribution in [1.82, 2.24) is 19.5 Å². The Balaban J connectivity index is 1.30. The zero-order chi connectivity index (χ0) is 23.6. The standard InChI is InChI=1S/C24H23BrClN5O3/c1-24(2)33-19-18(11-30(3)15-5-4-13-8-14(25)10-27-17(13)9-15)32-23(20(19)34-24)31-7-6-16-21(26)28-12-29-22(16)31/h4-10,12,18-20,23H,11H2,1-3H3/t18-,19-,20-,23-/m1/s1. The normalized spacial score (nSPS) is 25.8. The Hall–Kier alpha value is -2.30. The van der Waals surface area contributed by atoms with Crippen molar-refractivity contribution in [3.63, 3.8) is 0 Å². The molecule has 0 unspecified atom stereocenters. The molecule has 6 rings (SSSR count). The number of ether oxygens (including phenoxy) is 3. The molecular weight excluding hydrogens is 522 g/mol. The lowest BCUT2D eigenvalue weighted by molar-refractivity contribution is -0.195. The van der Waals surface area contributed by atoms with Gasteiger partial charge in [-0.3, -0.25) is 4.98 Å². The van der Waals surface area contributed by atoms with Crippen LogP contribution in [0.1, 0.15) is 20.1 Å². The highest BCUT2D eigenvalue weighted by Gasteiger charge is 2.56. The van der Waals surface area contributed by atoms with Gasteiger partial charge in [0.05, 0.1) is 10.9 Å². The predicted molar refractivity (Wildman–Crippen MR) is 133 cm³/mol. The van der Waals surface area contributed by atoms with Crippen LogP contribution in [-0.2, 0) is 14.2 Å². The SMILES string of the molecule is CN(C[C@H]1O[C@@H](n2ccc3c(Cl)ncnc32)[C@@H]2OC(C)(C)O[C@@H]21)c1ccc2cc(Br)cnc2c1. The Bertz CT molecular complexity index is 1400. The number of nitrogens with zero attached hydrogens (tertiary/aromatic N) is 5. The number of hydrogen-bond acceptors (Lipinski definition) is 7. The summed E-state index contributed by atoms with van der Waals surface area (Å²) in [6.07, 6.45) is 4.06. The molecule has 4 aromatic rings. The maximum atomic E-state index is 6.56. The molecule has 3 aromatic heterocycles. The van der Waals surface area contributed by atoms with Crippen LogP contribution >= 0.6 is 27.5 Å². The molecule has 2 fully saturated rings. The van der Waals surface area contributed by atoms with E-state index in [0.717, 1.165) is 26.4 Å². The van der Waals surface area contributed by atoms with Gasteiger partial charge in [-0.05, 0) is 54.0 Å². The highest BCUT2D eigenvalue weighted by molar-refractivity contribution is 9.10. The highest BCUT2D eigenvalue weighted by atomic mass is 79.9. The van der Waals surface area contributed by atoms with E-state index in [9.17, 15) is 0 Å². The second kappa shape index (κ2) is 8.13. The molecule has 2 aliphatic rings. The van der Waals surface area contributed by atoms with Gasteiger partial charge in [-0.25, -0.2) is 9.97 Å². The first-order valence-electron chi connectivity index (χ1n) is 11.0. The molecule has 0 bridgehead atoms. The molecule has 8 nitrogen and oxygen atoms in total. The van der Waals surface area contributed by atoms with Crippen LogP contribution in [0.2, 0.25) is 5.15 Å². The third kappa shape index (κ3) is 3.76. The number of likely N-dealkylation sites (N-methyl/N-ethyl adjacent to an activating group) is 1. The fraction of sp³-hybridized carbons (Fsp3) is 0.375. The first kappa shape index (κ1) is 22.2. The Morgan fingerprint density at radius 3 is 2.79 bits per heavy atom. The van der Waals surface area contributed by atoms with Gasteiger partial charge in [0, 0.05) is 41.5 Å². The summed E-state index contributed by atoms with van der Waals surface area (Å²) in [4.78, 5) is 15.2. The van der Waals surface area contributed by atoms with Gasteiger partial charge in [-0.15, -0.1) is 0 Å². The first-order chi connectivity index (χ1) is 16.3. The molecule has 0 aliphatic carbocycles. The Morgan fingerprint density at radius 1 is 1.12 bits per heavy atom. The van der Waals surface area contributed by atoms with E-state index in [1.165, 1.54) is 6.33 Å². The van der Waals surface area contributed by atoms with Crippen LogP contribution in [-0.4, -0.2) is 57.2 Å². The van der Waals surface area contributed by atoms with Crippen molar-refractivity contribution in [3.05, 3.63) is 58.7 Å². The van der Waals surface area contributed by atoms with E-state index in [4.69, 9.17) is 25.8 Å². The maximum absolute atomic E-state index is 6.56. The third-order valence-corrected chi connectivity index (χ3v) is 7.12. The lowest BCUT2D eigenvalue weighted by atomic mass is 10.1. The quantitative estimate of drug-likeness (QED) is 0.337. The van der Waals surface area contributed by atoms with Crippen LogP contribution in [0.25, 0.3) is 21.9 Å². The van der Waals surface area contributed by atoms with Gasteiger partial charge in [-0.1, -0.05) is 17.7 Å². The van der Waals surface area contributed by atoms with Crippen molar-refractivity contribution in [3.8, 4) is 0 Å². The van der Waals surface area contributed by atoms with Gasteiger partial charge in [-0.2, -0.15) is 0 Å². The molecule has 34 heavy (non-hydrogen) atoms. The van der Waals surface area contributed by atoms with Crippen LogP contribution < -0.4 is 4.90 Å². The van der Waals surface area contributed by atoms with E-state index in [1.807, 2.05) is 43.9 Å². The van der Waals surface area contributed by atoms with Crippen LogP contribution in [0.4, 0.5) is 5.69 Å². The van der Waals surface area contributed by atoms with Crippen molar-refractivity contribution in [2.24, 2.45) is 0 Å². The van der Waals surface area contributed by atoms with E-state index in [1.54, 1.807) is 0 Å². The maximum Gasteiger partial charge on any atom is 0.164 e.